The highest BCUT2D eigenvalue weighted by Crippen LogP contribution is 2.31. The zero-order chi connectivity index (χ0) is 17.1. The number of anilines is 1. The highest BCUT2D eigenvalue weighted by Gasteiger charge is 2.17. The molecule has 1 aromatic carbocycles. The van der Waals surface area contributed by atoms with E-state index in [1.807, 2.05) is 6.92 Å². The summed E-state index contributed by atoms with van der Waals surface area (Å²) < 4.78 is 11.5. The number of amides is 1. The molecule has 6 nitrogen and oxygen atoms in total. The van der Waals surface area contributed by atoms with Crippen molar-refractivity contribution in [2.45, 2.75) is 6.92 Å². The lowest BCUT2D eigenvalue weighted by Gasteiger charge is -2.02. The lowest BCUT2D eigenvalue weighted by Crippen LogP contribution is -2.11. The first-order valence-electron chi connectivity index (χ1n) is 6.89. The van der Waals surface area contributed by atoms with Gasteiger partial charge in [0.25, 0.3) is 5.91 Å². The molecular formula is C15H11Cl2N3O3S. The predicted octanol–water partition coefficient (Wildman–Crippen LogP) is 4.76. The Balaban J connectivity index is 1.73. The molecule has 24 heavy (non-hydrogen) atoms. The van der Waals surface area contributed by atoms with Crippen LogP contribution in [-0.2, 0) is 0 Å². The van der Waals surface area contributed by atoms with Crippen molar-refractivity contribution < 1.29 is 13.9 Å². The Morgan fingerprint density at radius 2 is 2.04 bits per heavy atom. The lowest BCUT2D eigenvalue weighted by atomic mass is 10.2. The first-order chi connectivity index (χ1) is 11.6. The van der Waals surface area contributed by atoms with Crippen LogP contribution >= 0.6 is 34.5 Å². The summed E-state index contributed by atoms with van der Waals surface area (Å²) in [6, 6.07) is 8.64. The van der Waals surface area contributed by atoms with Crippen LogP contribution in [0.5, 0.6) is 5.75 Å². The minimum absolute atomic E-state index is 0.0257. The number of ether oxygens (including phenoxy) is 1. The maximum Gasteiger partial charge on any atom is 0.322 e. The van der Waals surface area contributed by atoms with Crippen molar-refractivity contribution in [3.05, 3.63) is 44.6 Å². The molecule has 1 N–H and O–H groups in total. The number of hydrogen-bond donors (Lipinski definition) is 1. The van der Waals surface area contributed by atoms with Crippen molar-refractivity contribution >= 4 is 46.5 Å². The number of benzene rings is 1. The number of rotatable bonds is 5. The monoisotopic (exact) mass is 383 g/mol. The lowest BCUT2D eigenvalue weighted by molar-refractivity contribution is 0.102. The van der Waals surface area contributed by atoms with Gasteiger partial charge in [-0.15, -0.1) is 16.4 Å². The average Bonchev–Trinajstić information content (AvgIpc) is 3.15. The van der Waals surface area contributed by atoms with Crippen molar-refractivity contribution in [3.63, 3.8) is 0 Å². The molecule has 0 unspecified atom stereocenters. The Hall–Kier alpha value is -2.09. The van der Waals surface area contributed by atoms with Gasteiger partial charge in [-0.2, -0.15) is 0 Å². The van der Waals surface area contributed by atoms with Crippen molar-refractivity contribution in [3.8, 4) is 17.2 Å². The van der Waals surface area contributed by atoms with E-state index in [-0.39, 0.29) is 17.5 Å². The van der Waals surface area contributed by atoms with Crippen molar-refractivity contribution in [2.75, 3.05) is 11.9 Å². The summed E-state index contributed by atoms with van der Waals surface area (Å²) in [6.45, 7) is 2.50. The minimum atomic E-state index is -0.468. The number of nitrogens with one attached hydrogen (secondary N) is 1. The molecule has 0 fully saturated rings. The zero-order valence-corrected chi connectivity index (χ0v) is 14.7. The number of nitrogens with zero attached hydrogens (tertiary/aromatic N) is 2. The molecule has 0 spiro atoms. The third kappa shape index (κ3) is 3.69. The largest absolute Gasteiger partial charge is 0.494 e. The number of carbonyl (C=O) groups is 1. The van der Waals surface area contributed by atoms with Gasteiger partial charge in [0, 0.05) is 5.56 Å². The van der Waals surface area contributed by atoms with Crippen LogP contribution in [0.2, 0.25) is 8.67 Å². The topological polar surface area (TPSA) is 77.3 Å². The van der Waals surface area contributed by atoms with Gasteiger partial charge in [0.05, 0.1) is 16.5 Å². The molecule has 0 radical (unpaired) electrons. The fourth-order valence-electron chi connectivity index (χ4n) is 1.91. The van der Waals surface area contributed by atoms with Gasteiger partial charge in [-0.05, 0) is 37.3 Å². The Morgan fingerprint density at radius 1 is 1.29 bits per heavy atom. The molecule has 0 atom stereocenters. The van der Waals surface area contributed by atoms with E-state index in [0.717, 1.165) is 17.1 Å². The van der Waals surface area contributed by atoms with E-state index in [9.17, 15) is 4.79 Å². The molecule has 1 amide bonds. The molecule has 9 heteroatoms. The van der Waals surface area contributed by atoms with Crippen LogP contribution in [0, 0.1) is 0 Å². The average molecular weight is 384 g/mol. The van der Waals surface area contributed by atoms with Gasteiger partial charge in [0.15, 0.2) is 0 Å². The summed E-state index contributed by atoms with van der Waals surface area (Å²) >= 11 is 12.9. The van der Waals surface area contributed by atoms with Crippen LogP contribution in [0.25, 0.3) is 11.5 Å². The Kier molecular flexibility index (Phi) is 5.03. The van der Waals surface area contributed by atoms with Gasteiger partial charge >= 0.3 is 6.01 Å². The summed E-state index contributed by atoms with van der Waals surface area (Å²) in [7, 11) is 0. The van der Waals surface area contributed by atoms with Gasteiger partial charge in [0.2, 0.25) is 5.89 Å². The molecule has 0 saturated heterocycles. The molecule has 0 aliphatic carbocycles. The van der Waals surface area contributed by atoms with Crippen LogP contribution < -0.4 is 10.1 Å². The standard InChI is InChI=1S/C15H11Cl2N3O3S/c1-2-22-9-5-3-8(4-6-9)14-19-20-15(23-14)18-13(21)10-7-11(16)24-12(10)17/h3-7H,2H2,1H3,(H,18,20,21). The smallest absolute Gasteiger partial charge is 0.322 e. The van der Waals surface area contributed by atoms with Crippen LogP contribution in [0.3, 0.4) is 0 Å². The summed E-state index contributed by atoms with van der Waals surface area (Å²) in [4.78, 5) is 12.1. The van der Waals surface area contributed by atoms with E-state index in [0.29, 0.717) is 20.8 Å². The van der Waals surface area contributed by atoms with Crippen molar-refractivity contribution in [1.29, 1.82) is 0 Å². The fraction of sp³-hybridized carbons (Fsp3) is 0.133. The van der Waals surface area contributed by atoms with Gasteiger partial charge < -0.3 is 9.15 Å². The number of carbonyl (C=O) groups excluding carboxylic acids is 1. The normalized spacial score (nSPS) is 10.6. The number of hydrogen-bond acceptors (Lipinski definition) is 6. The van der Waals surface area contributed by atoms with E-state index < -0.39 is 5.91 Å². The summed E-state index contributed by atoms with van der Waals surface area (Å²) in [5.41, 5.74) is 0.968. The molecule has 0 aliphatic heterocycles. The Morgan fingerprint density at radius 3 is 2.67 bits per heavy atom. The number of halogens is 2. The summed E-state index contributed by atoms with van der Waals surface area (Å²) in [5.74, 6) is 0.561. The molecule has 124 valence electrons. The maximum atomic E-state index is 12.1. The minimum Gasteiger partial charge on any atom is -0.494 e. The molecule has 0 bridgehead atoms. The molecule has 2 aromatic heterocycles. The molecular weight excluding hydrogens is 373 g/mol. The second-order valence-corrected chi connectivity index (χ2v) is 6.85. The molecule has 2 heterocycles. The van der Waals surface area contributed by atoms with E-state index in [1.165, 1.54) is 6.07 Å². The van der Waals surface area contributed by atoms with Crippen molar-refractivity contribution in [2.24, 2.45) is 0 Å². The van der Waals surface area contributed by atoms with Crippen molar-refractivity contribution in [1.82, 2.24) is 10.2 Å². The van der Waals surface area contributed by atoms with E-state index in [1.54, 1.807) is 24.3 Å². The second-order valence-electron chi connectivity index (χ2n) is 4.56. The molecule has 0 saturated carbocycles. The van der Waals surface area contributed by atoms with Gasteiger partial charge in [-0.25, -0.2) is 0 Å². The van der Waals surface area contributed by atoms with Gasteiger partial charge in [-0.1, -0.05) is 28.3 Å². The second kappa shape index (κ2) is 7.21. The van der Waals surface area contributed by atoms with E-state index >= 15 is 0 Å². The number of thiophene rings is 1. The van der Waals surface area contributed by atoms with Crippen LogP contribution in [-0.4, -0.2) is 22.7 Å². The highest BCUT2D eigenvalue weighted by atomic mass is 35.5. The van der Waals surface area contributed by atoms with Gasteiger partial charge in [0.1, 0.15) is 10.1 Å². The van der Waals surface area contributed by atoms with E-state index in [4.69, 9.17) is 32.4 Å². The summed E-state index contributed by atoms with van der Waals surface area (Å²) in [5, 5.41) is 10.2. The quantitative estimate of drug-likeness (QED) is 0.687. The van der Waals surface area contributed by atoms with Crippen LogP contribution in [0.4, 0.5) is 6.01 Å². The molecule has 0 aliphatic rings. The fourth-order valence-corrected chi connectivity index (χ4v) is 3.37. The molecule has 3 aromatic rings. The third-order valence-corrected chi connectivity index (χ3v) is 4.45. The van der Waals surface area contributed by atoms with Crippen LogP contribution in [0.15, 0.2) is 34.7 Å². The predicted molar refractivity (Wildman–Crippen MR) is 93.2 cm³/mol. The SMILES string of the molecule is CCOc1ccc(-c2nnc(NC(=O)c3cc(Cl)sc3Cl)o2)cc1. The Bertz CT molecular complexity index is 861. The van der Waals surface area contributed by atoms with E-state index in [2.05, 4.69) is 15.5 Å². The third-order valence-electron chi connectivity index (χ3n) is 2.96. The number of aromatic nitrogens is 2. The first-order valence-corrected chi connectivity index (χ1v) is 8.47. The molecule has 3 rings (SSSR count). The zero-order valence-electron chi connectivity index (χ0n) is 12.4. The van der Waals surface area contributed by atoms with Gasteiger partial charge in [-0.3, -0.25) is 10.1 Å². The maximum absolute atomic E-state index is 12.1. The Labute approximate surface area is 151 Å². The van der Waals surface area contributed by atoms with Crippen LogP contribution in [0.1, 0.15) is 17.3 Å². The highest BCUT2D eigenvalue weighted by molar-refractivity contribution is 7.20. The first kappa shape index (κ1) is 16.8. The summed E-state index contributed by atoms with van der Waals surface area (Å²) in [6.07, 6.45) is 0.